The number of hydrogen-bond acceptors (Lipinski definition) is 1. The lowest BCUT2D eigenvalue weighted by Crippen LogP contribution is -2.30. The van der Waals surface area contributed by atoms with E-state index in [1.54, 1.807) is 0 Å². The van der Waals surface area contributed by atoms with Crippen LogP contribution in [0.15, 0.2) is 24.3 Å². The molecule has 0 fully saturated rings. The van der Waals surface area contributed by atoms with E-state index in [2.05, 4.69) is 39.0 Å². The molecule has 0 saturated carbocycles. The number of hydrogen-bond donors (Lipinski definition) is 0. The summed E-state index contributed by atoms with van der Waals surface area (Å²) in [6.07, 6.45) is 0. The molecule has 1 unspecified atom stereocenters. The zero-order valence-corrected chi connectivity index (χ0v) is 10.5. The van der Waals surface area contributed by atoms with Crippen molar-refractivity contribution in [2.24, 2.45) is 5.92 Å². The highest BCUT2D eigenvalue weighted by molar-refractivity contribution is 5.43. The standard InChI is InChI=1S/C12H16O.C2H6/c1-9(2)12(3)8-13-11-7-5-4-6-10(11)12;1-2/h4-7,9H,8H2,1-3H3;1-2H3. The summed E-state index contributed by atoms with van der Waals surface area (Å²) in [7, 11) is 0. The van der Waals surface area contributed by atoms with Gasteiger partial charge in [0.15, 0.2) is 0 Å². The summed E-state index contributed by atoms with van der Waals surface area (Å²) in [5.41, 5.74) is 1.57. The van der Waals surface area contributed by atoms with Crippen molar-refractivity contribution >= 4 is 0 Å². The lowest BCUT2D eigenvalue weighted by Gasteiger charge is -2.27. The Labute approximate surface area is 93.5 Å². The van der Waals surface area contributed by atoms with E-state index in [4.69, 9.17) is 4.74 Å². The maximum atomic E-state index is 5.68. The largest absolute Gasteiger partial charge is 0.492 e. The van der Waals surface area contributed by atoms with Crippen LogP contribution in [-0.4, -0.2) is 6.61 Å². The summed E-state index contributed by atoms with van der Waals surface area (Å²) in [6.45, 7) is 11.6. The van der Waals surface area contributed by atoms with E-state index < -0.39 is 0 Å². The third-order valence-electron chi connectivity index (χ3n) is 3.30. The van der Waals surface area contributed by atoms with Crippen LogP contribution in [0, 0.1) is 5.92 Å². The zero-order chi connectivity index (χ0) is 11.5. The van der Waals surface area contributed by atoms with Crippen LogP contribution in [0.5, 0.6) is 5.75 Å². The SMILES string of the molecule is CC.CC(C)C1(C)COc2ccccc21. The molecular formula is C14H22O. The lowest BCUT2D eigenvalue weighted by atomic mass is 9.75. The molecule has 0 amide bonds. The molecule has 15 heavy (non-hydrogen) atoms. The van der Waals surface area contributed by atoms with Crippen LogP contribution in [0.4, 0.5) is 0 Å². The molecule has 1 atom stereocenters. The van der Waals surface area contributed by atoms with Crippen molar-refractivity contribution < 1.29 is 4.74 Å². The summed E-state index contributed by atoms with van der Waals surface area (Å²) in [5, 5.41) is 0. The van der Waals surface area contributed by atoms with E-state index in [0.717, 1.165) is 12.4 Å². The van der Waals surface area contributed by atoms with Gasteiger partial charge in [-0.25, -0.2) is 0 Å². The van der Waals surface area contributed by atoms with E-state index in [1.165, 1.54) is 5.56 Å². The maximum Gasteiger partial charge on any atom is 0.123 e. The Morgan fingerprint density at radius 2 is 1.80 bits per heavy atom. The van der Waals surface area contributed by atoms with Crippen LogP contribution < -0.4 is 4.74 Å². The first-order chi connectivity index (χ1) is 7.14. The average molecular weight is 206 g/mol. The quantitative estimate of drug-likeness (QED) is 0.674. The molecule has 1 aliphatic heterocycles. The van der Waals surface area contributed by atoms with Crippen molar-refractivity contribution in [3.05, 3.63) is 29.8 Å². The predicted octanol–water partition coefficient (Wildman–Crippen LogP) is 4.02. The molecule has 0 aromatic heterocycles. The Morgan fingerprint density at radius 1 is 1.20 bits per heavy atom. The fraction of sp³-hybridized carbons (Fsp3) is 0.571. The Hall–Kier alpha value is -0.980. The predicted molar refractivity (Wildman–Crippen MR) is 65.5 cm³/mol. The molecule has 1 aromatic carbocycles. The van der Waals surface area contributed by atoms with Gasteiger partial charge < -0.3 is 4.74 Å². The lowest BCUT2D eigenvalue weighted by molar-refractivity contribution is 0.231. The molecule has 1 aliphatic rings. The van der Waals surface area contributed by atoms with Gasteiger partial charge >= 0.3 is 0 Å². The van der Waals surface area contributed by atoms with Gasteiger partial charge in [-0.1, -0.05) is 52.8 Å². The average Bonchev–Trinajstić information content (AvgIpc) is 2.62. The second-order valence-corrected chi connectivity index (χ2v) is 4.36. The van der Waals surface area contributed by atoms with Gasteiger partial charge in [0.05, 0.1) is 6.61 Å². The molecule has 84 valence electrons. The van der Waals surface area contributed by atoms with Gasteiger partial charge in [-0.15, -0.1) is 0 Å². The third-order valence-corrected chi connectivity index (χ3v) is 3.30. The minimum Gasteiger partial charge on any atom is -0.492 e. The summed E-state index contributed by atoms with van der Waals surface area (Å²) < 4.78 is 5.68. The highest BCUT2D eigenvalue weighted by atomic mass is 16.5. The monoisotopic (exact) mass is 206 g/mol. The van der Waals surface area contributed by atoms with Gasteiger partial charge in [0.2, 0.25) is 0 Å². The van der Waals surface area contributed by atoms with Crippen LogP contribution in [0.25, 0.3) is 0 Å². The maximum absolute atomic E-state index is 5.68. The molecule has 1 nitrogen and oxygen atoms in total. The first kappa shape index (κ1) is 12.1. The highest BCUT2D eigenvalue weighted by Gasteiger charge is 2.38. The molecule has 0 aliphatic carbocycles. The van der Waals surface area contributed by atoms with E-state index in [1.807, 2.05) is 19.9 Å². The topological polar surface area (TPSA) is 9.23 Å². The smallest absolute Gasteiger partial charge is 0.123 e. The van der Waals surface area contributed by atoms with Gasteiger partial charge in [0.1, 0.15) is 5.75 Å². The van der Waals surface area contributed by atoms with Gasteiger partial charge in [-0.3, -0.25) is 0 Å². The molecular weight excluding hydrogens is 184 g/mol. The summed E-state index contributed by atoms with van der Waals surface area (Å²) in [6, 6.07) is 8.37. The molecule has 0 spiro atoms. The van der Waals surface area contributed by atoms with Crippen LogP contribution in [0.3, 0.4) is 0 Å². The normalized spacial score (nSPS) is 22.8. The minimum absolute atomic E-state index is 0.205. The number of para-hydroxylation sites is 1. The Kier molecular flexibility index (Phi) is 3.78. The van der Waals surface area contributed by atoms with Crippen molar-refractivity contribution in [3.63, 3.8) is 0 Å². The van der Waals surface area contributed by atoms with Crippen LogP contribution in [-0.2, 0) is 5.41 Å². The van der Waals surface area contributed by atoms with E-state index >= 15 is 0 Å². The molecule has 0 N–H and O–H groups in total. The molecule has 2 rings (SSSR count). The van der Waals surface area contributed by atoms with Crippen molar-refractivity contribution in [3.8, 4) is 5.75 Å². The van der Waals surface area contributed by atoms with Crippen molar-refractivity contribution in [2.45, 2.75) is 40.0 Å². The van der Waals surface area contributed by atoms with Gasteiger partial charge in [-0.2, -0.15) is 0 Å². The molecule has 0 radical (unpaired) electrons. The summed E-state index contributed by atoms with van der Waals surface area (Å²) in [4.78, 5) is 0. The third kappa shape index (κ3) is 2.01. The van der Waals surface area contributed by atoms with Crippen molar-refractivity contribution in [1.29, 1.82) is 0 Å². The molecule has 1 heteroatoms. The number of benzene rings is 1. The number of fused-ring (bicyclic) bond motifs is 1. The van der Waals surface area contributed by atoms with Gasteiger partial charge in [0, 0.05) is 11.0 Å². The molecule has 0 saturated heterocycles. The molecule has 0 bridgehead atoms. The fourth-order valence-electron chi connectivity index (χ4n) is 1.85. The Bertz CT molecular complexity index is 317. The molecule has 1 heterocycles. The van der Waals surface area contributed by atoms with E-state index in [0.29, 0.717) is 5.92 Å². The van der Waals surface area contributed by atoms with Crippen molar-refractivity contribution in [2.75, 3.05) is 6.61 Å². The van der Waals surface area contributed by atoms with Gasteiger partial charge in [-0.05, 0) is 12.0 Å². The van der Waals surface area contributed by atoms with E-state index in [9.17, 15) is 0 Å². The van der Waals surface area contributed by atoms with Crippen LogP contribution in [0.2, 0.25) is 0 Å². The van der Waals surface area contributed by atoms with Gasteiger partial charge in [0.25, 0.3) is 0 Å². The van der Waals surface area contributed by atoms with Crippen LogP contribution in [0.1, 0.15) is 40.2 Å². The Morgan fingerprint density at radius 3 is 2.40 bits per heavy atom. The second kappa shape index (κ2) is 4.69. The second-order valence-electron chi connectivity index (χ2n) is 4.36. The summed E-state index contributed by atoms with van der Waals surface area (Å²) >= 11 is 0. The summed E-state index contributed by atoms with van der Waals surface area (Å²) in [5.74, 6) is 1.69. The first-order valence-electron chi connectivity index (χ1n) is 5.87. The zero-order valence-electron chi connectivity index (χ0n) is 10.5. The molecule has 1 aromatic rings. The minimum atomic E-state index is 0.205. The van der Waals surface area contributed by atoms with Crippen LogP contribution >= 0.6 is 0 Å². The number of ether oxygens (including phenoxy) is 1. The van der Waals surface area contributed by atoms with Crippen molar-refractivity contribution in [1.82, 2.24) is 0 Å². The number of rotatable bonds is 1. The Balaban J connectivity index is 0.000000531. The highest BCUT2D eigenvalue weighted by Crippen LogP contribution is 2.42. The first-order valence-corrected chi connectivity index (χ1v) is 5.87. The van der Waals surface area contributed by atoms with E-state index in [-0.39, 0.29) is 5.41 Å². The fourth-order valence-corrected chi connectivity index (χ4v) is 1.85.